The predicted molar refractivity (Wildman–Crippen MR) is 624 cm³/mol. The Morgan fingerprint density at radius 2 is 0.318 bits per heavy atom. The zero-order valence-corrected chi connectivity index (χ0v) is 80.9. The van der Waals surface area contributed by atoms with E-state index in [1.807, 2.05) is 18.2 Å². The minimum atomic E-state index is 0.870. The second-order valence-electron chi connectivity index (χ2n) is 37.6. The van der Waals surface area contributed by atoms with Crippen LogP contribution in [0.15, 0.2) is 590 Å². The van der Waals surface area contributed by atoms with E-state index < -0.39 is 0 Å². The summed E-state index contributed by atoms with van der Waals surface area (Å²) in [5, 5.41) is 16.4. The first-order valence-corrected chi connectivity index (χ1v) is 50.5. The van der Waals surface area contributed by atoms with Crippen molar-refractivity contribution in [3.8, 4) is 100 Å². The van der Waals surface area contributed by atoms with Crippen LogP contribution in [0.2, 0.25) is 0 Å². The fraction of sp³-hybridized carbons (Fsp3) is 0. The number of fused-ring (bicyclic) bond motifs is 16. The first-order valence-electron chi connectivity index (χ1n) is 50.5. The summed E-state index contributed by atoms with van der Waals surface area (Å²) in [5.74, 6) is 0. The van der Waals surface area contributed by atoms with Crippen LogP contribution in [0.3, 0.4) is 0 Å². The predicted octanol–water partition coefficient (Wildman–Crippen LogP) is 40.8. The van der Waals surface area contributed by atoms with Crippen molar-refractivity contribution in [1.82, 2.24) is 0 Å². The normalized spacial score (nSPS) is 11.4. The monoisotopic (exact) mass is 1890 g/mol. The summed E-state index contributed by atoms with van der Waals surface area (Å²) in [6.07, 6.45) is 0. The van der Waals surface area contributed by atoms with Crippen LogP contribution < -0.4 is 14.7 Å². The van der Waals surface area contributed by atoms with Gasteiger partial charge in [-0.1, -0.05) is 449 Å². The number of para-hydroxylation sites is 4. The van der Waals surface area contributed by atoms with Crippen LogP contribution in [-0.4, -0.2) is 0 Å². The SMILES string of the molecule is c1ccc(-c2ccc(-c3ccc(N(c4ccc(-c5cccc(-c6ccccc6)c5)cc4)c4cc5ccccc5c5c4oc4ccccc45)cc3)cc2)cc1.c1ccc(-c2cccc(-c3ccc(N(c4ccc(-c5cccc(-c6ccccc6)c5)cc4)c4cc5ccccc5c5c4oc4ccccc45)cc3)c2)cc1.c1ccc(N(c2ccc(-c3cccc4ccccc34)cc2)c2cc3ccccc3c3c2oc2ccccc23)cc1. The van der Waals surface area contributed by atoms with Crippen LogP contribution >= 0.6 is 0 Å². The summed E-state index contributed by atoms with van der Waals surface area (Å²) in [6, 6.07) is 205. The highest BCUT2D eigenvalue weighted by Crippen LogP contribution is 2.52. The number of nitrogens with zero attached hydrogens (tertiary/aromatic N) is 3. The van der Waals surface area contributed by atoms with Gasteiger partial charge < -0.3 is 28.0 Å². The molecule has 0 radical (unpaired) electrons. The molecule has 0 N–H and O–H groups in total. The first kappa shape index (κ1) is 88.5. The lowest BCUT2D eigenvalue weighted by Gasteiger charge is -2.26. The molecule has 6 heteroatoms. The molecule has 148 heavy (non-hydrogen) atoms. The van der Waals surface area contributed by atoms with Crippen LogP contribution in [0.4, 0.5) is 51.2 Å². The molecule has 25 aromatic carbocycles. The van der Waals surface area contributed by atoms with E-state index in [2.05, 4.69) is 573 Å². The Morgan fingerprint density at radius 1 is 0.122 bits per heavy atom. The molecule has 0 aliphatic heterocycles. The summed E-state index contributed by atoms with van der Waals surface area (Å²) in [6.45, 7) is 0. The molecule has 696 valence electrons. The van der Waals surface area contributed by atoms with Gasteiger partial charge in [0.15, 0.2) is 16.7 Å². The molecule has 28 aromatic rings. The molecule has 0 unspecified atom stereocenters. The lowest BCUT2D eigenvalue weighted by atomic mass is 9.98. The van der Waals surface area contributed by atoms with Crippen molar-refractivity contribution in [1.29, 1.82) is 0 Å². The van der Waals surface area contributed by atoms with E-state index in [0.29, 0.717) is 0 Å². The van der Waals surface area contributed by atoms with Crippen molar-refractivity contribution in [3.05, 3.63) is 576 Å². The van der Waals surface area contributed by atoms with Crippen LogP contribution in [0.5, 0.6) is 0 Å². The standard InChI is InChI=1S/2C52H35NO.C38H25NO/c1-3-13-36(14-4-1)40-18-11-20-42(33-40)38-25-29-45(30-26-38)53(46-31-27-39(28-32-46)43-21-12-19-41(34-43)37-15-5-2-6-16-37)49-35-44-17-7-8-22-47(44)51-48-23-9-10-24-50(48)54-52(49)51;1-3-12-36(13-4-1)38-22-24-39(25-23-38)40-26-30-45(31-27-40)53(46-32-28-41(29-33-46)43-18-11-17-42(34-43)37-14-5-2-6-15-37)49-35-44-16-7-8-19-47(44)51-48-20-9-10-21-50(48)54-52(49)51;1-2-14-29(15-3-1)39(30-23-21-27(22-24-30)32-19-10-13-26-11-4-6-16-31(26)32)35-25-28-12-5-7-17-33(28)37-34-18-8-9-20-36(34)40-38(35)37/h2*1-35H;1-25H. The van der Waals surface area contributed by atoms with Gasteiger partial charge in [-0.05, 0) is 271 Å². The number of hydrogen-bond acceptors (Lipinski definition) is 6. The summed E-state index contributed by atoms with van der Waals surface area (Å²) in [7, 11) is 0. The zero-order valence-electron chi connectivity index (χ0n) is 80.9. The maximum Gasteiger partial charge on any atom is 0.160 e. The smallest absolute Gasteiger partial charge is 0.160 e. The second kappa shape index (κ2) is 39.0. The van der Waals surface area contributed by atoms with Crippen LogP contribution in [0.25, 0.3) is 209 Å². The third kappa shape index (κ3) is 17.0. The molecule has 0 aliphatic carbocycles. The van der Waals surface area contributed by atoms with Crippen LogP contribution in [0, 0.1) is 0 Å². The average molecular weight is 1890 g/mol. The lowest BCUT2D eigenvalue weighted by Crippen LogP contribution is -2.10. The second-order valence-corrected chi connectivity index (χ2v) is 37.6. The lowest BCUT2D eigenvalue weighted by molar-refractivity contribution is 0.669. The molecule has 0 saturated carbocycles. The van der Waals surface area contributed by atoms with Crippen LogP contribution in [0.1, 0.15) is 0 Å². The molecule has 3 aromatic heterocycles. The highest BCUT2D eigenvalue weighted by Gasteiger charge is 2.28. The number of benzene rings is 25. The molecule has 0 bridgehead atoms. The highest BCUT2D eigenvalue weighted by atomic mass is 16.3. The Labute approximate surface area is 858 Å². The van der Waals surface area contributed by atoms with Gasteiger partial charge in [-0.3, -0.25) is 0 Å². The zero-order chi connectivity index (χ0) is 98.2. The van der Waals surface area contributed by atoms with Gasteiger partial charge in [0.1, 0.15) is 16.7 Å². The Balaban J connectivity index is 0.000000114. The summed E-state index contributed by atoms with van der Waals surface area (Å²) < 4.78 is 20.1. The number of furan rings is 3. The average Bonchev–Trinajstić information content (AvgIpc) is 1.57. The number of hydrogen-bond donors (Lipinski definition) is 0. The Morgan fingerprint density at radius 3 is 0.622 bits per heavy atom. The van der Waals surface area contributed by atoms with Gasteiger partial charge in [-0.25, -0.2) is 0 Å². The molecule has 0 saturated heterocycles. The first-order chi connectivity index (χ1) is 73.4. The summed E-state index contributed by atoms with van der Waals surface area (Å²) in [5.41, 5.74) is 36.2. The van der Waals surface area contributed by atoms with Crippen molar-refractivity contribution in [2.45, 2.75) is 0 Å². The summed E-state index contributed by atoms with van der Waals surface area (Å²) in [4.78, 5) is 6.99. The van der Waals surface area contributed by atoms with E-state index in [1.54, 1.807) is 0 Å². The van der Waals surface area contributed by atoms with Gasteiger partial charge in [0, 0.05) is 66.4 Å². The fourth-order valence-corrected chi connectivity index (χ4v) is 21.5. The fourth-order valence-electron chi connectivity index (χ4n) is 21.5. The summed E-state index contributed by atoms with van der Waals surface area (Å²) >= 11 is 0. The van der Waals surface area contributed by atoms with Gasteiger partial charge in [-0.2, -0.15) is 0 Å². The van der Waals surface area contributed by atoms with Gasteiger partial charge in [0.2, 0.25) is 0 Å². The molecule has 28 rings (SSSR count). The van der Waals surface area contributed by atoms with Crippen LogP contribution in [-0.2, 0) is 0 Å². The quantitative estimate of drug-likeness (QED) is 0.0853. The van der Waals surface area contributed by atoms with Gasteiger partial charge >= 0.3 is 0 Å². The molecular formula is C142H95N3O3. The molecule has 6 nitrogen and oxygen atoms in total. The van der Waals surface area contributed by atoms with Gasteiger partial charge in [0.05, 0.1) is 17.1 Å². The van der Waals surface area contributed by atoms with Gasteiger partial charge in [-0.15, -0.1) is 0 Å². The molecular weight excluding hydrogens is 1800 g/mol. The third-order valence-electron chi connectivity index (χ3n) is 28.8. The Kier molecular flexibility index (Phi) is 23.3. The van der Waals surface area contributed by atoms with Crippen molar-refractivity contribution in [2.24, 2.45) is 0 Å². The largest absolute Gasteiger partial charge is 0.454 e. The molecule has 0 aliphatic rings. The molecule has 3 heterocycles. The molecule has 0 atom stereocenters. The van der Waals surface area contributed by atoms with E-state index in [4.69, 9.17) is 13.3 Å². The highest BCUT2D eigenvalue weighted by molar-refractivity contribution is 6.26. The topological polar surface area (TPSA) is 49.1 Å². The number of rotatable bonds is 18. The van der Waals surface area contributed by atoms with Crippen molar-refractivity contribution in [2.75, 3.05) is 14.7 Å². The maximum atomic E-state index is 6.77. The molecule has 0 amide bonds. The van der Waals surface area contributed by atoms with E-state index in [1.165, 1.54) is 127 Å². The van der Waals surface area contributed by atoms with Crippen molar-refractivity contribution < 1.29 is 13.3 Å². The number of anilines is 9. The third-order valence-corrected chi connectivity index (χ3v) is 28.8. The Bertz CT molecular complexity index is 9600. The molecule has 0 fully saturated rings. The van der Waals surface area contributed by atoms with E-state index in [0.717, 1.165) is 134 Å². The molecule has 0 spiro atoms. The minimum absolute atomic E-state index is 0.870. The Hall–Kier alpha value is -19.7. The maximum absolute atomic E-state index is 6.77. The van der Waals surface area contributed by atoms with E-state index in [-0.39, 0.29) is 0 Å². The van der Waals surface area contributed by atoms with Gasteiger partial charge in [0.25, 0.3) is 0 Å². The van der Waals surface area contributed by atoms with E-state index in [9.17, 15) is 0 Å². The van der Waals surface area contributed by atoms with E-state index >= 15 is 0 Å². The minimum Gasteiger partial charge on any atom is -0.454 e. The van der Waals surface area contributed by atoms with Crippen molar-refractivity contribution >= 4 is 160 Å². The van der Waals surface area contributed by atoms with Crippen molar-refractivity contribution in [3.63, 3.8) is 0 Å².